The first kappa shape index (κ1) is 13.2. The Hall–Kier alpha value is -5.20. The van der Waals surface area contributed by atoms with E-state index < -0.39 is 66.5 Å². The molecule has 0 N–H and O–H groups in total. The molecule has 0 atom stereocenters. The van der Waals surface area contributed by atoms with Gasteiger partial charge in [0.05, 0.1) is 17.8 Å². The Balaban J connectivity index is 1.65. The van der Waals surface area contributed by atoms with E-state index in [1.165, 1.54) is 0 Å². The van der Waals surface area contributed by atoms with E-state index in [9.17, 15) is 5.48 Å². The molecule has 0 spiro atoms. The number of hydrogen-bond acceptors (Lipinski definition) is 0. The minimum atomic E-state index is -0.530. The van der Waals surface area contributed by atoms with Crippen LogP contribution < -0.4 is 0 Å². The fourth-order valence-electron chi connectivity index (χ4n) is 5.74. The van der Waals surface area contributed by atoms with E-state index in [0.717, 1.165) is 10.8 Å². The summed E-state index contributed by atoms with van der Waals surface area (Å²) in [6, 6.07) is 17.1. The third kappa shape index (κ3) is 3.47. The van der Waals surface area contributed by atoms with Crippen LogP contribution in [0.3, 0.4) is 0 Å². The third-order valence-corrected chi connectivity index (χ3v) is 7.39. The number of fused-ring (bicyclic) bond motifs is 4. The molecule has 8 rings (SSSR count). The lowest BCUT2D eigenvalue weighted by molar-refractivity contribution is 1.64. The van der Waals surface area contributed by atoms with Gasteiger partial charge in [-0.15, -0.1) is 0 Å². The van der Waals surface area contributed by atoms with E-state index in [-0.39, 0.29) is 50.3 Å². The van der Waals surface area contributed by atoms with Crippen LogP contribution in [0, 0.1) is 0 Å². The molecular weight excluding hydrogens is 480 g/mol. The summed E-state index contributed by atoms with van der Waals surface area (Å²) in [4.78, 5) is 0. The maximum Gasteiger partial charge on any atom is 0.0629 e. The van der Waals surface area contributed by atoms with Crippen LogP contribution in [0.15, 0.2) is 157 Å². The van der Waals surface area contributed by atoms with E-state index in [2.05, 4.69) is 0 Å². The van der Waals surface area contributed by atoms with Crippen LogP contribution in [-0.4, -0.2) is 0 Å². The fraction of sp³-hybridized carbons (Fsp3) is 0. The van der Waals surface area contributed by atoms with Crippen molar-refractivity contribution in [2.75, 3.05) is 0 Å². The normalized spacial score (nSPS) is 16.1. The fourth-order valence-corrected chi connectivity index (χ4v) is 5.74. The van der Waals surface area contributed by atoms with Gasteiger partial charge in [-0.05, 0) is 76.5 Å². The Bertz CT molecular complexity index is 2820. The first-order chi connectivity index (χ1) is 25.3. The van der Waals surface area contributed by atoms with Crippen LogP contribution in [-0.2, 0) is 0 Å². The zero-order valence-electron chi connectivity index (χ0n) is 34.0. The molecule has 8 aromatic rings. The molecule has 0 aromatic heterocycles. The SMILES string of the molecule is [2H]c1c([2H])c([2H])c(-c2cccc3c(-c4c5c([2H])c([2H])c([2H])c([2H])c5c(-c5cccc6ccccc56)c5c([2H])c([2H])c([2H])c([2H])c45)cccc23)c([2H])c1[2H]. The number of rotatable bonds is 3. The van der Waals surface area contributed by atoms with Crippen LogP contribution in [0.4, 0.5) is 0 Å². The molecule has 0 radical (unpaired) electrons. The molecule has 0 bridgehead atoms. The van der Waals surface area contributed by atoms with E-state index in [1.54, 1.807) is 48.5 Å². The van der Waals surface area contributed by atoms with Gasteiger partial charge >= 0.3 is 0 Å². The summed E-state index contributed by atoms with van der Waals surface area (Å²) in [5.41, 5.74) is 1.60. The smallest absolute Gasteiger partial charge is 0.0622 e. The van der Waals surface area contributed by atoms with Crippen molar-refractivity contribution in [2.24, 2.45) is 0 Å². The minimum absolute atomic E-state index is 0.0244. The zero-order chi connectivity index (χ0) is 37.8. The van der Waals surface area contributed by atoms with E-state index >= 15 is 0 Å². The molecule has 0 fully saturated rings. The van der Waals surface area contributed by atoms with Gasteiger partial charge in [-0.25, -0.2) is 0 Å². The highest BCUT2D eigenvalue weighted by atomic mass is 14.2. The van der Waals surface area contributed by atoms with E-state index in [4.69, 9.17) is 12.3 Å². The van der Waals surface area contributed by atoms with E-state index in [1.807, 2.05) is 30.3 Å². The van der Waals surface area contributed by atoms with Crippen molar-refractivity contribution in [3.63, 3.8) is 0 Å². The molecule has 0 heteroatoms. The summed E-state index contributed by atoms with van der Waals surface area (Å²) >= 11 is 0. The van der Waals surface area contributed by atoms with Crippen LogP contribution in [0.2, 0.25) is 0 Å². The maximum atomic E-state index is 9.35. The van der Waals surface area contributed by atoms with Gasteiger partial charge in [0.25, 0.3) is 0 Å². The molecule has 0 aliphatic heterocycles. The van der Waals surface area contributed by atoms with Gasteiger partial charge in [-0.2, -0.15) is 0 Å². The van der Waals surface area contributed by atoms with Crippen LogP contribution in [0.5, 0.6) is 0 Å². The lowest BCUT2D eigenvalue weighted by Gasteiger charge is -2.20. The molecule has 40 heavy (non-hydrogen) atoms. The summed E-state index contributed by atoms with van der Waals surface area (Å²) in [6.45, 7) is 0. The summed E-state index contributed by atoms with van der Waals surface area (Å²) in [5.74, 6) is 0. The standard InChI is InChI=1S/C40H26/c1-2-13-27(14-3-1)29-22-11-24-32-31(29)23-12-26-34(32)40-37-20-8-6-18-35(37)39(36-19-7-9-21-38(36)40)33-25-10-16-28-15-4-5-17-30(28)33/h1-26H/i1D,2D,3D,6D,7D,8D,9D,13D,14D,18D,19D,20D,21D. The molecule has 8 aromatic carbocycles. The van der Waals surface area contributed by atoms with Gasteiger partial charge in [0, 0.05) is 0 Å². The highest BCUT2D eigenvalue weighted by molar-refractivity contribution is 6.25. The van der Waals surface area contributed by atoms with Gasteiger partial charge < -0.3 is 0 Å². The molecular formula is C40H26. The largest absolute Gasteiger partial charge is 0.0629 e. The molecule has 0 unspecified atom stereocenters. The van der Waals surface area contributed by atoms with Crippen molar-refractivity contribution >= 4 is 43.1 Å². The molecule has 0 saturated heterocycles. The Kier molecular flexibility index (Phi) is 3.05. The van der Waals surface area contributed by atoms with Crippen LogP contribution in [0.25, 0.3) is 76.5 Å². The van der Waals surface area contributed by atoms with E-state index in [0.29, 0.717) is 27.5 Å². The maximum absolute atomic E-state index is 9.35. The van der Waals surface area contributed by atoms with Crippen molar-refractivity contribution < 1.29 is 17.8 Å². The second kappa shape index (κ2) is 9.22. The highest BCUT2D eigenvalue weighted by Gasteiger charge is 2.19. The predicted octanol–water partition coefficient (Wildman–Crippen LogP) is 11.3. The van der Waals surface area contributed by atoms with Crippen molar-refractivity contribution in [2.45, 2.75) is 0 Å². The third-order valence-electron chi connectivity index (χ3n) is 7.39. The Morgan fingerprint density at radius 3 is 1.38 bits per heavy atom. The monoisotopic (exact) mass is 519 g/mol. The Morgan fingerprint density at radius 2 is 0.750 bits per heavy atom. The molecule has 186 valence electrons. The highest BCUT2D eigenvalue weighted by Crippen LogP contribution is 2.47. The van der Waals surface area contributed by atoms with Gasteiger partial charge in [0.15, 0.2) is 0 Å². The molecule has 0 saturated carbocycles. The summed E-state index contributed by atoms with van der Waals surface area (Å²) in [5, 5.41) is 2.75. The summed E-state index contributed by atoms with van der Waals surface area (Å²) in [6.07, 6.45) is 0. The Labute approximate surface area is 252 Å². The van der Waals surface area contributed by atoms with Gasteiger partial charge in [0.1, 0.15) is 0 Å². The molecule has 0 heterocycles. The first-order valence-electron chi connectivity index (χ1n) is 19.3. The van der Waals surface area contributed by atoms with Crippen molar-refractivity contribution in [1.82, 2.24) is 0 Å². The minimum Gasteiger partial charge on any atom is -0.0622 e. The average molecular weight is 520 g/mol. The topological polar surface area (TPSA) is 0 Å². The molecule has 0 aliphatic rings. The second-order valence-corrected chi connectivity index (χ2v) is 9.48. The van der Waals surface area contributed by atoms with Gasteiger partial charge in [-0.3, -0.25) is 0 Å². The predicted molar refractivity (Wildman–Crippen MR) is 173 cm³/mol. The molecule has 0 aliphatic carbocycles. The first-order valence-corrected chi connectivity index (χ1v) is 12.8. The second-order valence-electron chi connectivity index (χ2n) is 9.48. The van der Waals surface area contributed by atoms with Gasteiger partial charge in [0.2, 0.25) is 0 Å². The average Bonchev–Trinajstić information content (AvgIpc) is 3.17. The quantitative estimate of drug-likeness (QED) is 0.204. The van der Waals surface area contributed by atoms with Crippen molar-refractivity contribution in [3.8, 4) is 33.4 Å². The number of benzene rings is 8. The van der Waals surface area contributed by atoms with Crippen LogP contribution in [0.1, 0.15) is 17.8 Å². The van der Waals surface area contributed by atoms with Crippen molar-refractivity contribution in [3.05, 3.63) is 157 Å². The molecule has 0 amide bonds. The molecule has 0 nitrogen and oxygen atoms in total. The zero-order valence-corrected chi connectivity index (χ0v) is 21.0. The Morgan fingerprint density at radius 1 is 0.325 bits per heavy atom. The number of hydrogen-bond donors (Lipinski definition) is 0. The summed E-state index contributed by atoms with van der Waals surface area (Å²) < 4.78 is 115. The van der Waals surface area contributed by atoms with Crippen LogP contribution >= 0.6 is 0 Å². The van der Waals surface area contributed by atoms with Gasteiger partial charge in [-0.1, -0.05) is 157 Å². The lowest BCUT2D eigenvalue weighted by Crippen LogP contribution is -1.92. The lowest BCUT2D eigenvalue weighted by atomic mass is 9.83. The van der Waals surface area contributed by atoms with Crippen molar-refractivity contribution in [1.29, 1.82) is 0 Å². The summed E-state index contributed by atoms with van der Waals surface area (Å²) in [7, 11) is 0.